The normalized spacial score (nSPS) is 11.0. The number of carbonyl (C=O) groups excluding carboxylic acids is 2. The van der Waals surface area contributed by atoms with Gasteiger partial charge in [-0.1, -0.05) is 36.7 Å². The molecule has 0 fully saturated rings. The van der Waals surface area contributed by atoms with Crippen molar-refractivity contribution in [2.45, 2.75) is 44.8 Å². The molecule has 0 spiro atoms. The molecule has 1 heterocycles. The van der Waals surface area contributed by atoms with Crippen molar-refractivity contribution in [2.75, 3.05) is 12.3 Å². The lowest BCUT2D eigenvalue weighted by Gasteiger charge is -2.16. The molecule has 3 amide bonds. The smallest absolute Gasteiger partial charge is 0.321 e. The molecule has 0 saturated heterocycles. The van der Waals surface area contributed by atoms with E-state index in [9.17, 15) is 14.4 Å². The zero-order valence-corrected chi connectivity index (χ0v) is 17.1. The Hall–Kier alpha value is -2.06. The Bertz CT molecular complexity index is 898. The minimum atomic E-state index is -0.520. The van der Waals surface area contributed by atoms with Crippen molar-refractivity contribution in [3.8, 4) is 0 Å². The van der Waals surface area contributed by atoms with Gasteiger partial charge < -0.3 is 5.32 Å². The van der Waals surface area contributed by atoms with E-state index in [1.165, 1.54) is 4.57 Å². The van der Waals surface area contributed by atoms with Gasteiger partial charge in [0.15, 0.2) is 5.16 Å². The van der Waals surface area contributed by atoms with Gasteiger partial charge in [-0.3, -0.25) is 19.5 Å². The molecule has 7 nitrogen and oxygen atoms in total. The molecule has 146 valence electrons. The van der Waals surface area contributed by atoms with Crippen molar-refractivity contribution in [3.63, 3.8) is 0 Å². The molecule has 2 rings (SSSR count). The minimum Gasteiger partial charge on any atom is -0.338 e. The maximum absolute atomic E-state index is 12.8. The summed E-state index contributed by atoms with van der Waals surface area (Å²) in [6, 6.07) is 4.26. The van der Waals surface area contributed by atoms with Crippen LogP contribution in [0.25, 0.3) is 10.9 Å². The number of unbranched alkanes of at least 4 members (excludes halogenated alkanes) is 1. The van der Waals surface area contributed by atoms with Crippen LogP contribution in [0.1, 0.15) is 39.7 Å². The Kier molecular flexibility index (Phi) is 7.67. The molecule has 2 N–H and O–H groups in total. The van der Waals surface area contributed by atoms with Crippen molar-refractivity contribution in [2.24, 2.45) is 0 Å². The van der Waals surface area contributed by atoms with Crippen LogP contribution in [0.15, 0.2) is 28.2 Å². The SMILES string of the molecule is CCCCNC(=O)NC(=O)CSc1nc2cc(Cl)ccc2c(=O)n1C(C)C. The number of benzene rings is 1. The zero-order chi connectivity index (χ0) is 20.0. The highest BCUT2D eigenvalue weighted by atomic mass is 35.5. The molecule has 0 bridgehead atoms. The summed E-state index contributed by atoms with van der Waals surface area (Å²) in [5, 5.41) is 6.25. The molecule has 2 aromatic rings. The highest BCUT2D eigenvalue weighted by Crippen LogP contribution is 2.22. The maximum Gasteiger partial charge on any atom is 0.321 e. The lowest BCUT2D eigenvalue weighted by molar-refractivity contribution is -0.117. The lowest BCUT2D eigenvalue weighted by atomic mass is 10.2. The standard InChI is InChI=1S/C18H23ClN4O3S/c1-4-5-8-20-17(26)22-15(24)10-27-18-21-14-9-12(19)6-7-13(14)16(25)23(18)11(2)3/h6-7,9,11H,4-5,8,10H2,1-3H3,(H2,20,22,24,26). The Morgan fingerprint density at radius 1 is 1.33 bits per heavy atom. The van der Waals surface area contributed by atoms with Gasteiger partial charge in [0.1, 0.15) is 0 Å². The van der Waals surface area contributed by atoms with Gasteiger partial charge in [-0.05, 0) is 38.5 Å². The molecule has 9 heteroatoms. The number of carbonyl (C=O) groups is 2. The van der Waals surface area contributed by atoms with Crippen LogP contribution in [-0.4, -0.2) is 33.8 Å². The van der Waals surface area contributed by atoms with Crippen molar-refractivity contribution >= 4 is 46.2 Å². The van der Waals surface area contributed by atoms with Crippen molar-refractivity contribution < 1.29 is 9.59 Å². The fourth-order valence-corrected chi connectivity index (χ4v) is 3.52. The van der Waals surface area contributed by atoms with Crippen LogP contribution in [0.2, 0.25) is 5.02 Å². The number of aromatic nitrogens is 2. The number of urea groups is 1. The van der Waals surface area contributed by atoms with Crippen LogP contribution < -0.4 is 16.2 Å². The van der Waals surface area contributed by atoms with Crippen LogP contribution in [0.4, 0.5) is 4.79 Å². The number of hydrogen-bond donors (Lipinski definition) is 2. The van der Waals surface area contributed by atoms with Gasteiger partial charge in [-0.15, -0.1) is 0 Å². The topological polar surface area (TPSA) is 93.1 Å². The van der Waals surface area contributed by atoms with E-state index in [-0.39, 0.29) is 17.4 Å². The molecule has 0 aliphatic carbocycles. The Morgan fingerprint density at radius 3 is 2.74 bits per heavy atom. The number of amides is 3. The zero-order valence-electron chi connectivity index (χ0n) is 15.5. The fourth-order valence-electron chi connectivity index (χ4n) is 2.42. The molecule has 0 radical (unpaired) electrons. The van der Waals surface area contributed by atoms with Gasteiger partial charge in [0.25, 0.3) is 5.56 Å². The summed E-state index contributed by atoms with van der Waals surface area (Å²) < 4.78 is 1.54. The maximum atomic E-state index is 12.8. The Balaban J connectivity index is 2.15. The first-order valence-electron chi connectivity index (χ1n) is 8.75. The summed E-state index contributed by atoms with van der Waals surface area (Å²) in [6.45, 7) is 6.27. The first kappa shape index (κ1) is 21.2. The summed E-state index contributed by atoms with van der Waals surface area (Å²) >= 11 is 7.10. The average molecular weight is 411 g/mol. The molecule has 0 unspecified atom stereocenters. The predicted octanol–water partition coefficient (Wildman–Crippen LogP) is 3.35. The Labute approximate surface area is 166 Å². The number of nitrogens with zero attached hydrogens (tertiary/aromatic N) is 2. The van der Waals surface area contributed by atoms with Crippen LogP contribution >= 0.6 is 23.4 Å². The van der Waals surface area contributed by atoms with Crippen LogP contribution in [0.3, 0.4) is 0 Å². The van der Waals surface area contributed by atoms with Crippen molar-refractivity contribution in [3.05, 3.63) is 33.6 Å². The number of nitrogens with one attached hydrogen (secondary N) is 2. The van der Waals surface area contributed by atoms with Gasteiger partial charge in [-0.2, -0.15) is 0 Å². The van der Waals surface area contributed by atoms with Gasteiger partial charge in [-0.25, -0.2) is 9.78 Å². The van der Waals surface area contributed by atoms with E-state index in [1.807, 2.05) is 20.8 Å². The molecule has 27 heavy (non-hydrogen) atoms. The molecular weight excluding hydrogens is 388 g/mol. The van der Waals surface area contributed by atoms with E-state index in [1.54, 1.807) is 18.2 Å². The van der Waals surface area contributed by atoms with E-state index >= 15 is 0 Å². The van der Waals surface area contributed by atoms with Crippen LogP contribution in [0.5, 0.6) is 0 Å². The van der Waals surface area contributed by atoms with Gasteiger partial charge >= 0.3 is 6.03 Å². The molecule has 0 atom stereocenters. The number of halogens is 1. The van der Waals surface area contributed by atoms with Crippen LogP contribution in [-0.2, 0) is 4.79 Å². The second-order valence-corrected chi connectivity index (χ2v) is 7.65. The van der Waals surface area contributed by atoms with Gasteiger partial charge in [0.05, 0.1) is 16.7 Å². The summed E-state index contributed by atoms with van der Waals surface area (Å²) in [7, 11) is 0. The second-order valence-electron chi connectivity index (χ2n) is 6.27. The third kappa shape index (κ3) is 5.71. The molecule has 0 aliphatic rings. The summed E-state index contributed by atoms with van der Waals surface area (Å²) in [5.74, 6) is -0.489. The molecule has 1 aromatic heterocycles. The monoisotopic (exact) mass is 410 g/mol. The first-order valence-corrected chi connectivity index (χ1v) is 10.1. The van der Waals surface area contributed by atoms with E-state index < -0.39 is 11.9 Å². The molecule has 1 aromatic carbocycles. The molecule has 0 aliphatic heterocycles. The van der Waals surface area contributed by atoms with Crippen LogP contribution in [0, 0.1) is 0 Å². The third-order valence-corrected chi connectivity index (χ3v) is 4.94. The predicted molar refractivity (Wildman–Crippen MR) is 109 cm³/mol. The van der Waals surface area contributed by atoms with Gasteiger partial charge in [0, 0.05) is 17.6 Å². The second kappa shape index (κ2) is 9.75. The number of thioether (sulfide) groups is 1. The van der Waals surface area contributed by atoms with Crippen molar-refractivity contribution in [1.29, 1.82) is 0 Å². The molecular formula is C18H23ClN4O3S. The van der Waals surface area contributed by atoms with Crippen molar-refractivity contribution in [1.82, 2.24) is 20.2 Å². The van der Waals surface area contributed by atoms with Gasteiger partial charge in [0.2, 0.25) is 5.91 Å². The fraction of sp³-hybridized carbons (Fsp3) is 0.444. The lowest BCUT2D eigenvalue weighted by Crippen LogP contribution is -2.40. The summed E-state index contributed by atoms with van der Waals surface area (Å²) in [6.07, 6.45) is 1.80. The van der Waals surface area contributed by atoms with E-state index in [0.29, 0.717) is 27.6 Å². The number of rotatable bonds is 7. The number of imide groups is 1. The average Bonchev–Trinajstić information content (AvgIpc) is 2.59. The van der Waals surface area contributed by atoms with E-state index in [0.717, 1.165) is 24.6 Å². The summed E-state index contributed by atoms with van der Waals surface area (Å²) in [4.78, 5) is 40.9. The first-order chi connectivity index (χ1) is 12.8. The Morgan fingerprint density at radius 2 is 2.07 bits per heavy atom. The number of hydrogen-bond acceptors (Lipinski definition) is 5. The highest BCUT2D eigenvalue weighted by Gasteiger charge is 2.16. The highest BCUT2D eigenvalue weighted by molar-refractivity contribution is 7.99. The summed E-state index contributed by atoms with van der Waals surface area (Å²) in [5.41, 5.74) is 0.288. The minimum absolute atomic E-state index is 0.0353. The largest absolute Gasteiger partial charge is 0.338 e. The van der Waals surface area contributed by atoms with E-state index in [4.69, 9.17) is 11.6 Å². The van der Waals surface area contributed by atoms with E-state index in [2.05, 4.69) is 15.6 Å². The quantitative estimate of drug-likeness (QED) is 0.414. The molecule has 0 saturated carbocycles. The number of fused-ring (bicyclic) bond motifs is 1. The third-order valence-electron chi connectivity index (χ3n) is 3.75.